The second-order valence-electron chi connectivity index (χ2n) is 7.32. The molecule has 0 aliphatic carbocycles. The number of imidazole rings is 1. The molecule has 0 saturated carbocycles. The Labute approximate surface area is 174 Å². The molecule has 1 N–H and O–H groups in total. The SMILES string of the molecule is O=C(Cc1ccc2c(c1)OCO2)NCc1cccc(Cn2cnc3ccccc32)c1. The summed E-state index contributed by atoms with van der Waals surface area (Å²) in [6.45, 7) is 1.46. The summed E-state index contributed by atoms with van der Waals surface area (Å²) in [5, 5.41) is 3.00. The van der Waals surface area contributed by atoms with Crippen LogP contribution in [0.4, 0.5) is 0 Å². The highest BCUT2D eigenvalue weighted by molar-refractivity contribution is 5.79. The van der Waals surface area contributed by atoms with Crippen LogP contribution in [0.3, 0.4) is 0 Å². The highest BCUT2D eigenvalue weighted by Gasteiger charge is 2.14. The van der Waals surface area contributed by atoms with Crippen molar-refractivity contribution in [2.45, 2.75) is 19.5 Å². The second-order valence-corrected chi connectivity index (χ2v) is 7.32. The van der Waals surface area contributed by atoms with Gasteiger partial charge < -0.3 is 19.4 Å². The van der Waals surface area contributed by atoms with Crippen LogP contribution < -0.4 is 14.8 Å². The molecule has 30 heavy (non-hydrogen) atoms. The van der Waals surface area contributed by atoms with Gasteiger partial charge in [0.2, 0.25) is 12.7 Å². The van der Waals surface area contributed by atoms with E-state index in [4.69, 9.17) is 9.47 Å². The first kappa shape index (κ1) is 18.2. The van der Waals surface area contributed by atoms with Crippen molar-refractivity contribution in [3.63, 3.8) is 0 Å². The fraction of sp³-hybridized carbons (Fsp3) is 0.167. The Morgan fingerprint density at radius 3 is 2.77 bits per heavy atom. The van der Waals surface area contributed by atoms with E-state index in [1.807, 2.05) is 54.9 Å². The maximum absolute atomic E-state index is 12.4. The summed E-state index contributed by atoms with van der Waals surface area (Å²) in [4.78, 5) is 16.8. The molecular weight excluding hydrogens is 378 g/mol. The lowest BCUT2D eigenvalue weighted by Crippen LogP contribution is -2.24. The topological polar surface area (TPSA) is 65.4 Å². The molecule has 1 aliphatic heterocycles. The van der Waals surface area contributed by atoms with Crippen molar-refractivity contribution in [1.82, 2.24) is 14.9 Å². The van der Waals surface area contributed by atoms with Crippen LogP contribution in [0, 0.1) is 0 Å². The zero-order valence-electron chi connectivity index (χ0n) is 16.4. The van der Waals surface area contributed by atoms with Crippen LogP contribution in [0.25, 0.3) is 11.0 Å². The van der Waals surface area contributed by atoms with E-state index in [1.165, 1.54) is 5.56 Å². The molecule has 4 aromatic rings. The standard InChI is InChI=1S/C24H21N3O3/c28-24(12-17-8-9-22-23(11-17)30-16-29-22)25-13-18-4-3-5-19(10-18)14-27-15-26-20-6-1-2-7-21(20)27/h1-11,15H,12-14,16H2,(H,25,28). The fourth-order valence-electron chi connectivity index (χ4n) is 3.67. The van der Waals surface area contributed by atoms with E-state index in [-0.39, 0.29) is 12.7 Å². The summed E-state index contributed by atoms with van der Waals surface area (Å²) in [6, 6.07) is 21.9. The van der Waals surface area contributed by atoms with Gasteiger partial charge in [-0.3, -0.25) is 4.79 Å². The van der Waals surface area contributed by atoms with Gasteiger partial charge in [0, 0.05) is 13.1 Å². The fourth-order valence-corrected chi connectivity index (χ4v) is 3.67. The summed E-state index contributed by atoms with van der Waals surface area (Å²) >= 11 is 0. The molecule has 1 aliphatic rings. The zero-order valence-corrected chi connectivity index (χ0v) is 16.4. The average Bonchev–Trinajstić information content (AvgIpc) is 3.39. The number of carbonyl (C=O) groups is 1. The Bertz CT molecular complexity index is 1220. The van der Waals surface area contributed by atoms with Crippen molar-refractivity contribution in [1.29, 1.82) is 0 Å². The molecule has 2 heterocycles. The molecule has 0 spiro atoms. The number of hydrogen-bond donors (Lipinski definition) is 1. The predicted molar refractivity (Wildman–Crippen MR) is 113 cm³/mol. The molecule has 6 heteroatoms. The normalized spacial score (nSPS) is 12.3. The number of ether oxygens (including phenoxy) is 2. The number of carbonyl (C=O) groups excluding carboxylic acids is 1. The highest BCUT2D eigenvalue weighted by Crippen LogP contribution is 2.32. The Morgan fingerprint density at radius 2 is 1.80 bits per heavy atom. The van der Waals surface area contributed by atoms with Crippen LogP contribution >= 0.6 is 0 Å². The number of fused-ring (bicyclic) bond motifs is 2. The van der Waals surface area contributed by atoms with Crippen molar-refractivity contribution in [2.24, 2.45) is 0 Å². The number of rotatable bonds is 6. The third-order valence-corrected chi connectivity index (χ3v) is 5.16. The van der Waals surface area contributed by atoms with Gasteiger partial charge in [-0.2, -0.15) is 0 Å². The summed E-state index contributed by atoms with van der Waals surface area (Å²) in [5.41, 5.74) is 5.23. The van der Waals surface area contributed by atoms with Crippen molar-refractivity contribution in [3.8, 4) is 11.5 Å². The Kier molecular flexibility index (Phi) is 4.81. The number of nitrogens with one attached hydrogen (secondary N) is 1. The average molecular weight is 399 g/mol. The van der Waals surface area contributed by atoms with E-state index < -0.39 is 0 Å². The smallest absolute Gasteiger partial charge is 0.231 e. The third-order valence-electron chi connectivity index (χ3n) is 5.16. The quantitative estimate of drug-likeness (QED) is 0.537. The Morgan fingerprint density at radius 1 is 0.933 bits per heavy atom. The minimum absolute atomic E-state index is 0.0279. The van der Waals surface area contributed by atoms with Crippen LogP contribution in [0.1, 0.15) is 16.7 Å². The molecule has 0 unspecified atom stereocenters. The van der Waals surface area contributed by atoms with Gasteiger partial charge in [0.15, 0.2) is 11.5 Å². The van der Waals surface area contributed by atoms with Gasteiger partial charge in [-0.1, -0.05) is 42.5 Å². The van der Waals surface area contributed by atoms with E-state index in [0.29, 0.717) is 18.7 Å². The second kappa shape index (κ2) is 7.91. The summed E-state index contributed by atoms with van der Waals surface area (Å²) < 4.78 is 12.8. The Balaban J connectivity index is 1.21. The van der Waals surface area contributed by atoms with Gasteiger partial charge in [-0.25, -0.2) is 4.98 Å². The first-order chi connectivity index (χ1) is 14.7. The monoisotopic (exact) mass is 399 g/mol. The lowest BCUT2D eigenvalue weighted by atomic mass is 10.1. The molecule has 5 rings (SSSR count). The van der Waals surface area contributed by atoms with Gasteiger partial charge in [0.1, 0.15) is 0 Å². The number of para-hydroxylation sites is 2. The summed E-state index contributed by atoms with van der Waals surface area (Å²) in [6.07, 6.45) is 2.17. The molecule has 0 fully saturated rings. The largest absolute Gasteiger partial charge is 0.454 e. The van der Waals surface area contributed by atoms with Crippen LogP contribution in [0.2, 0.25) is 0 Å². The predicted octanol–water partition coefficient (Wildman–Crippen LogP) is 3.67. The van der Waals surface area contributed by atoms with Crippen LogP contribution in [0.15, 0.2) is 73.1 Å². The first-order valence-corrected chi connectivity index (χ1v) is 9.87. The number of benzene rings is 3. The number of hydrogen-bond acceptors (Lipinski definition) is 4. The third kappa shape index (κ3) is 3.85. The minimum Gasteiger partial charge on any atom is -0.454 e. The maximum atomic E-state index is 12.4. The molecule has 0 atom stereocenters. The molecule has 0 saturated heterocycles. The summed E-state index contributed by atoms with van der Waals surface area (Å²) in [7, 11) is 0. The van der Waals surface area contributed by atoms with Crippen molar-refractivity contribution in [2.75, 3.05) is 6.79 Å². The maximum Gasteiger partial charge on any atom is 0.231 e. The number of amides is 1. The van der Waals surface area contributed by atoms with Crippen LogP contribution in [-0.4, -0.2) is 22.3 Å². The van der Waals surface area contributed by atoms with Gasteiger partial charge in [-0.05, 0) is 41.0 Å². The van der Waals surface area contributed by atoms with Gasteiger partial charge in [0.05, 0.1) is 23.8 Å². The van der Waals surface area contributed by atoms with Crippen molar-refractivity contribution in [3.05, 3.63) is 89.7 Å². The van der Waals surface area contributed by atoms with Crippen molar-refractivity contribution >= 4 is 16.9 Å². The summed E-state index contributed by atoms with van der Waals surface area (Å²) in [5.74, 6) is 1.39. The Hall–Kier alpha value is -3.80. The van der Waals surface area contributed by atoms with Crippen LogP contribution in [0.5, 0.6) is 11.5 Å². The van der Waals surface area contributed by atoms with E-state index in [1.54, 1.807) is 0 Å². The molecule has 0 radical (unpaired) electrons. The molecule has 6 nitrogen and oxygen atoms in total. The van der Waals surface area contributed by atoms with E-state index in [0.717, 1.165) is 34.5 Å². The molecule has 1 amide bonds. The number of aromatic nitrogens is 2. The molecule has 3 aromatic carbocycles. The van der Waals surface area contributed by atoms with Gasteiger partial charge in [-0.15, -0.1) is 0 Å². The van der Waals surface area contributed by atoms with Crippen LogP contribution in [-0.2, 0) is 24.3 Å². The molecule has 0 bridgehead atoms. The highest BCUT2D eigenvalue weighted by atomic mass is 16.7. The lowest BCUT2D eigenvalue weighted by Gasteiger charge is -2.09. The van der Waals surface area contributed by atoms with Gasteiger partial charge in [0.25, 0.3) is 0 Å². The van der Waals surface area contributed by atoms with E-state index in [2.05, 4.69) is 33.1 Å². The lowest BCUT2D eigenvalue weighted by molar-refractivity contribution is -0.120. The molecular formula is C24H21N3O3. The van der Waals surface area contributed by atoms with E-state index >= 15 is 0 Å². The number of nitrogens with zero attached hydrogens (tertiary/aromatic N) is 2. The first-order valence-electron chi connectivity index (χ1n) is 9.87. The minimum atomic E-state index is -0.0279. The molecule has 1 aromatic heterocycles. The zero-order chi connectivity index (χ0) is 20.3. The van der Waals surface area contributed by atoms with E-state index in [9.17, 15) is 4.79 Å². The van der Waals surface area contributed by atoms with Crippen molar-refractivity contribution < 1.29 is 14.3 Å². The molecule has 150 valence electrons. The van der Waals surface area contributed by atoms with Gasteiger partial charge >= 0.3 is 0 Å².